The Bertz CT molecular complexity index is 1180. The number of rotatable bonds is 7. The summed E-state index contributed by atoms with van der Waals surface area (Å²) in [5, 5.41) is 45.4. The molecule has 1 fully saturated rings. The fraction of sp³-hybridized carbons (Fsp3) is 0.444. The van der Waals surface area contributed by atoms with Crippen molar-refractivity contribution in [1.29, 1.82) is 0 Å². The molecule has 7 N–H and O–H groups in total. The molecule has 0 aromatic heterocycles. The van der Waals surface area contributed by atoms with Gasteiger partial charge in [0.25, 0.3) is 5.91 Å². The lowest BCUT2D eigenvalue weighted by atomic mass is 10.1. The molecule has 1 aromatic rings. The molecule has 1 saturated heterocycles. The molecule has 1 aliphatic rings. The van der Waals surface area contributed by atoms with E-state index in [0.717, 1.165) is 12.1 Å². The van der Waals surface area contributed by atoms with E-state index in [1.165, 1.54) is 10.8 Å². The van der Waals surface area contributed by atoms with Crippen LogP contribution in [0.2, 0.25) is 0 Å². The number of phenolic OH excluding ortho intramolecular Hbond substituents is 2. The van der Waals surface area contributed by atoms with Crippen molar-refractivity contribution in [3.63, 3.8) is 0 Å². The third-order valence-corrected chi connectivity index (χ3v) is 5.03. The van der Waals surface area contributed by atoms with E-state index >= 15 is 0 Å². The van der Waals surface area contributed by atoms with Gasteiger partial charge in [-0.3, -0.25) is 9.69 Å². The van der Waals surface area contributed by atoms with Gasteiger partial charge in [0.1, 0.15) is 17.7 Å². The number of benzene rings is 1. The van der Waals surface area contributed by atoms with Crippen LogP contribution >= 0.6 is 0 Å². The summed E-state index contributed by atoms with van der Waals surface area (Å²) in [7, 11) is -4.91. The van der Waals surface area contributed by atoms with Crippen LogP contribution in [-0.4, -0.2) is 82.3 Å². The van der Waals surface area contributed by atoms with E-state index in [4.69, 9.17) is 9.84 Å². The number of aliphatic hydroxyl groups is 1. The number of likely N-dealkylation sites (tertiary alicyclic amines) is 1. The lowest BCUT2D eigenvalue weighted by molar-refractivity contribution is -0.138. The zero-order valence-electron chi connectivity index (χ0n) is 19.1. The molecule has 17 nitrogen and oxygen atoms in total. The largest absolute Gasteiger partial charge is 0.504 e. The topological polar surface area (TPSA) is 257 Å². The van der Waals surface area contributed by atoms with Crippen LogP contribution in [0.3, 0.4) is 0 Å². The predicted molar refractivity (Wildman–Crippen MR) is 117 cm³/mol. The average molecular weight is 532 g/mol. The van der Waals surface area contributed by atoms with Crippen LogP contribution in [0.5, 0.6) is 11.5 Å². The number of aromatic hydroxyl groups is 2. The number of imide groups is 1. The van der Waals surface area contributed by atoms with Crippen LogP contribution < -0.4 is 15.4 Å². The van der Waals surface area contributed by atoms with E-state index < -0.39 is 76.3 Å². The summed E-state index contributed by atoms with van der Waals surface area (Å²) in [5.74, 6) is -2.14. The number of hydrogen-bond acceptors (Lipinski definition) is 11. The number of alkyl carbamates (subject to hydrolysis) is 1. The highest BCUT2D eigenvalue weighted by molar-refractivity contribution is 7.88. The molecule has 18 heteroatoms. The molecular weight excluding hydrogens is 508 g/mol. The standard InChI is InChI=1S/C18H24N6O11S/c1-18(2,3)35-17(32)20-12(8-4-5-10(25)11(26)6-8)13(27)21-23-36(33,34)22-15(29)24-7-9(14(24)28)19-16(30)31/h4-6,9,12-13,19,25-27H,7H2,1-3H3,(H,20,32)(H,22,29)(H,30,31). The molecule has 2 rings (SSSR count). The maximum atomic E-state index is 12.2. The van der Waals surface area contributed by atoms with Gasteiger partial charge in [-0.1, -0.05) is 6.07 Å². The van der Waals surface area contributed by atoms with Crippen LogP contribution in [0.25, 0.3) is 0 Å². The lowest BCUT2D eigenvalue weighted by Crippen LogP contribution is -2.67. The van der Waals surface area contributed by atoms with Gasteiger partial charge in [0.05, 0.1) is 6.54 Å². The van der Waals surface area contributed by atoms with Gasteiger partial charge >= 0.3 is 28.4 Å². The average Bonchev–Trinajstić information content (AvgIpc) is 2.73. The van der Waals surface area contributed by atoms with Crippen LogP contribution in [0.1, 0.15) is 32.4 Å². The molecule has 5 amide bonds. The van der Waals surface area contributed by atoms with Crippen molar-refractivity contribution in [2.24, 2.45) is 9.63 Å². The summed E-state index contributed by atoms with van der Waals surface area (Å²) in [6.07, 6.45) is -4.67. The van der Waals surface area contributed by atoms with Crippen molar-refractivity contribution >= 4 is 34.3 Å². The fourth-order valence-corrected chi connectivity index (χ4v) is 3.32. The molecule has 3 unspecified atom stereocenters. The first-order valence-corrected chi connectivity index (χ1v) is 11.4. The molecule has 1 heterocycles. The first-order valence-electron chi connectivity index (χ1n) is 9.98. The van der Waals surface area contributed by atoms with Crippen LogP contribution in [0.15, 0.2) is 27.8 Å². The highest BCUT2D eigenvalue weighted by Crippen LogP contribution is 2.29. The molecular formula is C18H24N6O11S. The second-order valence-electron chi connectivity index (χ2n) is 8.32. The van der Waals surface area contributed by atoms with Crippen molar-refractivity contribution in [2.75, 3.05) is 6.54 Å². The molecule has 0 bridgehead atoms. The van der Waals surface area contributed by atoms with Gasteiger partial charge in [0.15, 0.2) is 17.7 Å². The minimum absolute atomic E-state index is 0.0350. The summed E-state index contributed by atoms with van der Waals surface area (Å²) in [4.78, 5) is 46.9. The second kappa shape index (κ2) is 10.6. The van der Waals surface area contributed by atoms with Gasteiger partial charge in [0.2, 0.25) is 0 Å². The van der Waals surface area contributed by atoms with Gasteiger partial charge in [-0.05, 0) is 43.0 Å². The number of aliphatic hydroxyl groups excluding tert-OH is 1. The Morgan fingerprint density at radius 2 is 1.83 bits per heavy atom. The maximum Gasteiger partial charge on any atom is 0.408 e. The number of phenols is 2. The number of urea groups is 1. The molecule has 1 aromatic carbocycles. The molecule has 0 aliphatic carbocycles. The number of carbonyl (C=O) groups excluding carboxylic acids is 3. The highest BCUT2D eigenvalue weighted by atomic mass is 32.2. The number of nitrogens with zero attached hydrogens (tertiary/aromatic N) is 3. The molecule has 0 spiro atoms. The van der Waals surface area contributed by atoms with E-state index in [9.17, 15) is 42.9 Å². The van der Waals surface area contributed by atoms with Crippen molar-refractivity contribution in [1.82, 2.24) is 20.3 Å². The van der Waals surface area contributed by atoms with Gasteiger partial charge in [-0.2, -0.15) is 8.42 Å². The molecule has 3 atom stereocenters. The Morgan fingerprint density at radius 3 is 2.36 bits per heavy atom. The Hall–Kier alpha value is -4.19. The molecule has 0 radical (unpaired) electrons. The van der Waals surface area contributed by atoms with Crippen molar-refractivity contribution in [3.8, 4) is 11.5 Å². The minimum Gasteiger partial charge on any atom is -0.504 e. The first kappa shape index (κ1) is 28.1. The Balaban J connectivity index is 2.15. The second-order valence-corrected chi connectivity index (χ2v) is 9.63. The summed E-state index contributed by atoms with van der Waals surface area (Å²) in [5.41, 5.74) is -0.980. The predicted octanol–water partition coefficient (Wildman–Crippen LogP) is -0.133. The van der Waals surface area contributed by atoms with E-state index in [2.05, 4.69) is 15.0 Å². The van der Waals surface area contributed by atoms with Crippen LogP contribution in [0.4, 0.5) is 14.4 Å². The highest BCUT2D eigenvalue weighted by Gasteiger charge is 2.43. The van der Waals surface area contributed by atoms with E-state index in [1.54, 1.807) is 20.8 Å². The Kier molecular flexibility index (Phi) is 8.26. The van der Waals surface area contributed by atoms with E-state index in [0.29, 0.717) is 4.90 Å². The fourth-order valence-electron chi connectivity index (χ4n) is 2.73. The summed E-state index contributed by atoms with van der Waals surface area (Å²) in [6.45, 7) is 4.24. The van der Waals surface area contributed by atoms with Crippen molar-refractivity contribution in [2.45, 2.75) is 44.7 Å². The number of β-lactam (4-membered cyclic amide) rings is 1. The molecule has 1 aliphatic heterocycles. The number of hydrogen-bond donors (Lipinski definition) is 7. The maximum absolute atomic E-state index is 12.2. The van der Waals surface area contributed by atoms with E-state index in [1.807, 2.05) is 5.32 Å². The first-order chi connectivity index (χ1) is 16.5. The monoisotopic (exact) mass is 532 g/mol. The quantitative estimate of drug-likeness (QED) is 0.138. The van der Waals surface area contributed by atoms with Crippen molar-refractivity contribution < 1.29 is 52.8 Å². The van der Waals surface area contributed by atoms with Crippen LogP contribution in [-0.2, 0) is 19.7 Å². The smallest absolute Gasteiger partial charge is 0.408 e. The van der Waals surface area contributed by atoms with Gasteiger partial charge in [-0.15, -0.1) is 5.11 Å². The van der Waals surface area contributed by atoms with Gasteiger partial charge in [-0.25, -0.2) is 19.1 Å². The van der Waals surface area contributed by atoms with Crippen molar-refractivity contribution in [3.05, 3.63) is 23.8 Å². The normalized spacial score (nSPS) is 17.6. The van der Waals surface area contributed by atoms with Gasteiger partial charge < -0.3 is 35.8 Å². The summed E-state index contributed by atoms with van der Waals surface area (Å²) >= 11 is 0. The van der Waals surface area contributed by atoms with E-state index in [-0.39, 0.29) is 5.56 Å². The number of amides is 5. The zero-order valence-corrected chi connectivity index (χ0v) is 19.9. The minimum atomic E-state index is -4.91. The lowest BCUT2D eigenvalue weighted by Gasteiger charge is -2.35. The number of carboxylic acid groups (broad SMARTS) is 1. The summed E-state index contributed by atoms with van der Waals surface area (Å²) in [6, 6.07) is -1.02. The number of nitrogens with one attached hydrogen (secondary N) is 3. The molecule has 36 heavy (non-hydrogen) atoms. The Morgan fingerprint density at radius 1 is 1.19 bits per heavy atom. The molecule has 0 saturated carbocycles. The molecule has 198 valence electrons. The third kappa shape index (κ3) is 7.67. The Labute approximate surface area is 203 Å². The van der Waals surface area contributed by atoms with Gasteiger partial charge in [0, 0.05) is 0 Å². The number of carbonyl (C=O) groups is 4. The van der Waals surface area contributed by atoms with Crippen LogP contribution in [0, 0.1) is 0 Å². The zero-order chi connectivity index (χ0) is 27.4. The number of ether oxygens (including phenoxy) is 1. The summed E-state index contributed by atoms with van der Waals surface area (Å²) < 4.78 is 33.5. The SMILES string of the molecule is CC(C)(C)OC(=O)NC(c1ccc(O)c(O)c1)C(O)N=NS(=O)(=O)NC(=O)N1CC(NC(=O)O)C1=O. The third-order valence-electron chi connectivity index (χ3n) is 4.29.